The lowest BCUT2D eigenvalue weighted by Crippen LogP contribution is -2.43. The lowest BCUT2D eigenvalue weighted by Gasteiger charge is -2.29. The monoisotopic (exact) mass is 503 g/mol. The molecule has 0 atom stereocenters. The molecule has 3 heterocycles. The molecule has 0 saturated carbocycles. The minimum atomic E-state index is -0.265. The van der Waals surface area contributed by atoms with Crippen LogP contribution >= 0.6 is 11.6 Å². The highest BCUT2D eigenvalue weighted by Crippen LogP contribution is 2.29. The summed E-state index contributed by atoms with van der Waals surface area (Å²) in [5, 5.41) is 11.6. The maximum absolute atomic E-state index is 13.4. The maximum atomic E-state index is 13.4. The third-order valence-electron chi connectivity index (χ3n) is 6.52. The number of anilines is 3. The van der Waals surface area contributed by atoms with Gasteiger partial charge < -0.3 is 20.4 Å². The molecular weight excluding hydrogens is 474 g/mol. The van der Waals surface area contributed by atoms with Gasteiger partial charge in [0.25, 0.3) is 5.91 Å². The minimum absolute atomic E-state index is 0.265. The van der Waals surface area contributed by atoms with Crippen LogP contribution in [0.25, 0.3) is 16.8 Å². The van der Waals surface area contributed by atoms with Crippen molar-refractivity contribution in [3.8, 4) is 11.1 Å². The Morgan fingerprint density at radius 3 is 2.53 bits per heavy atom. The van der Waals surface area contributed by atoms with Gasteiger partial charge in [0.05, 0.1) is 6.20 Å². The van der Waals surface area contributed by atoms with E-state index in [2.05, 4.69) is 39.4 Å². The molecule has 0 bridgehead atoms. The van der Waals surface area contributed by atoms with E-state index in [0.29, 0.717) is 16.4 Å². The van der Waals surface area contributed by atoms with Crippen LogP contribution in [-0.4, -0.2) is 59.8 Å². The second-order valence-electron chi connectivity index (χ2n) is 8.71. The van der Waals surface area contributed by atoms with E-state index in [9.17, 15) is 4.79 Å². The van der Waals surface area contributed by atoms with Gasteiger partial charge >= 0.3 is 0 Å². The number of nitrogens with one attached hydrogen (secondary N) is 2. The molecule has 8 nitrogen and oxygen atoms in total. The number of amides is 1. The summed E-state index contributed by atoms with van der Waals surface area (Å²) in [7, 11) is 0. The zero-order valence-electron chi connectivity index (χ0n) is 20.5. The molecule has 0 unspecified atom stereocenters. The number of carbonyl (C=O) groups excluding carboxylic acids is 1. The maximum Gasteiger partial charge on any atom is 0.274 e. The van der Waals surface area contributed by atoms with Gasteiger partial charge in [-0.2, -0.15) is 9.61 Å². The van der Waals surface area contributed by atoms with Gasteiger partial charge in [0.15, 0.2) is 5.65 Å². The number of rotatable bonds is 7. The van der Waals surface area contributed by atoms with Crippen molar-refractivity contribution in [3.05, 3.63) is 71.5 Å². The minimum Gasteiger partial charge on any atom is -0.369 e. The Morgan fingerprint density at radius 2 is 1.83 bits per heavy atom. The molecule has 5 rings (SSSR count). The van der Waals surface area contributed by atoms with E-state index < -0.39 is 0 Å². The van der Waals surface area contributed by atoms with Crippen LogP contribution in [0.5, 0.6) is 0 Å². The van der Waals surface area contributed by atoms with Gasteiger partial charge in [-0.05, 0) is 55.8 Å². The zero-order chi connectivity index (χ0) is 25.1. The van der Waals surface area contributed by atoms with E-state index in [1.165, 1.54) is 0 Å². The molecular formula is C27H30ClN7O. The number of nitrogens with zero attached hydrogens (tertiary/aromatic N) is 5. The molecule has 1 saturated heterocycles. The van der Waals surface area contributed by atoms with Gasteiger partial charge in [-0.15, -0.1) is 0 Å². The van der Waals surface area contributed by atoms with Crippen LogP contribution in [0.4, 0.5) is 17.2 Å². The Kier molecular flexibility index (Phi) is 7.06. The molecule has 1 fully saturated rings. The van der Waals surface area contributed by atoms with Crippen LogP contribution in [-0.2, 0) is 0 Å². The van der Waals surface area contributed by atoms with Gasteiger partial charge in [0.2, 0.25) is 0 Å². The number of hydrogen-bond acceptors (Lipinski definition) is 6. The number of fused-ring (bicyclic) bond motifs is 1. The molecule has 9 heteroatoms. The first-order valence-corrected chi connectivity index (χ1v) is 12.7. The standard InChI is InChI=1S/C27H30ClN7O/c1-3-33(4-2)25-17-24(32-26-23(18-30-35(25)26)19-6-5-7-20(28)16-19)27(36)31-21-8-10-22(11-9-21)34-14-12-29-13-15-34/h5-11,16-18,29H,3-4,12-15H2,1-2H3,(H,31,36). The number of benzene rings is 2. The highest BCUT2D eigenvalue weighted by atomic mass is 35.5. The molecule has 1 aliphatic heterocycles. The Hall–Kier alpha value is -3.62. The third kappa shape index (κ3) is 4.87. The Bertz CT molecular complexity index is 1360. The van der Waals surface area contributed by atoms with Crippen molar-refractivity contribution in [1.82, 2.24) is 19.9 Å². The van der Waals surface area contributed by atoms with Crippen LogP contribution in [0.3, 0.4) is 0 Å². The topological polar surface area (TPSA) is 77.8 Å². The van der Waals surface area contributed by atoms with E-state index in [1.807, 2.05) is 48.5 Å². The molecule has 0 radical (unpaired) electrons. The molecule has 1 aliphatic rings. The molecule has 36 heavy (non-hydrogen) atoms. The summed E-state index contributed by atoms with van der Waals surface area (Å²) < 4.78 is 1.79. The fourth-order valence-electron chi connectivity index (χ4n) is 4.57. The number of piperazine rings is 1. The summed E-state index contributed by atoms with van der Waals surface area (Å²) in [5.74, 6) is 0.552. The normalized spacial score (nSPS) is 13.7. The first-order valence-electron chi connectivity index (χ1n) is 12.3. The fraction of sp³-hybridized carbons (Fsp3) is 0.296. The van der Waals surface area contributed by atoms with Crippen molar-refractivity contribution in [1.29, 1.82) is 0 Å². The van der Waals surface area contributed by atoms with Gasteiger partial charge in [-0.25, -0.2) is 4.98 Å². The Balaban J connectivity index is 1.48. The summed E-state index contributed by atoms with van der Waals surface area (Å²) in [4.78, 5) is 22.6. The van der Waals surface area contributed by atoms with Gasteiger partial charge in [-0.3, -0.25) is 4.79 Å². The van der Waals surface area contributed by atoms with E-state index in [1.54, 1.807) is 16.8 Å². The first kappa shape index (κ1) is 24.1. The summed E-state index contributed by atoms with van der Waals surface area (Å²) in [6.07, 6.45) is 1.78. The smallest absolute Gasteiger partial charge is 0.274 e. The second kappa shape index (κ2) is 10.6. The lowest BCUT2D eigenvalue weighted by atomic mass is 10.1. The van der Waals surface area contributed by atoms with Crippen LogP contribution in [0, 0.1) is 0 Å². The number of aromatic nitrogens is 3. The second-order valence-corrected chi connectivity index (χ2v) is 9.15. The highest BCUT2D eigenvalue weighted by molar-refractivity contribution is 6.30. The van der Waals surface area contributed by atoms with E-state index in [-0.39, 0.29) is 5.91 Å². The van der Waals surface area contributed by atoms with Crippen molar-refractivity contribution in [2.45, 2.75) is 13.8 Å². The molecule has 0 spiro atoms. The van der Waals surface area contributed by atoms with Gasteiger partial charge in [0, 0.05) is 67.3 Å². The molecule has 1 amide bonds. The Labute approximate surface area is 215 Å². The SMILES string of the molecule is CCN(CC)c1cc(C(=O)Nc2ccc(N3CCNCC3)cc2)nc2c(-c3cccc(Cl)c3)cnn12. The average Bonchev–Trinajstić information content (AvgIpc) is 3.34. The number of halogens is 1. The summed E-state index contributed by atoms with van der Waals surface area (Å²) >= 11 is 6.25. The summed E-state index contributed by atoms with van der Waals surface area (Å²) in [6.45, 7) is 9.62. The fourth-order valence-corrected chi connectivity index (χ4v) is 4.76. The lowest BCUT2D eigenvalue weighted by molar-refractivity contribution is 0.102. The van der Waals surface area contributed by atoms with E-state index in [4.69, 9.17) is 16.6 Å². The largest absolute Gasteiger partial charge is 0.369 e. The number of carbonyl (C=O) groups is 1. The predicted molar refractivity (Wildman–Crippen MR) is 146 cm³/mol. The zero-order valence-corrected chi connectivity index (χ0v) is 21.3. The van der Waals surface area contributed by atoms with Crippen LogP contribution < -0.4 is 20.4 Å². The van der Waals surface area contributed by atoms with Crippen molar-refractivity contribution in [2.75, 3.05) is 54.4 Å². The molecule has 2 aromatic carbocycles. The van der Waals surface area contributed by atoms with Crippen molar-refractivity contribution < 1.29 is 4.79 Å². The molecule has 4 aromatic rings. The molecule has 0 aliphatic carbocycles. The highest BCUT2D eigenvalue weighted by Gasteiger charge is 2.20. The van der Waals surface area contributed by atoms with Crippen LogP contribution in [0.2, 0.25) is 5.02 Å². The molecule has 2 aromatic heterocycles. The summed E-state index contributed by atoms with van der Waals surface area (Å²) in [5.41, 5.74) is 4.55. The van der Waals surface area contributed by atoms with Crippen LogP contribution in [0.1, 0.15) is 24.3 Å². The predicted octanol–water partition coefficient (Wildman–Crippen LogP) is 4.56. The first-order chi connectivity index (χ1) is 17.6. The van der Waals surface area contributed by atoms with Crippen LogP contribution in [0.15, 0.2) is 60.8 Å². The van der Waals surface area contributed by atoms with Crippen molar-refractivity contribution in [3.63, 3.8) is 0 Å². The van der Waals surface area contributed by atoms with E-state index >= 15 is 0 Å². The Morgan fingerprint density at radius 1 is 1.08 bits per heavy atom. The quantitative estimate of drug-likeness (QED) is 0.385. The van der Waals surface area contributed by atoms with Gasteiger partial charge in [0.1, 0.15) is 11.5 Å². The van der Waals surface area contributed by atoms with Crippen molar-refractivity contribution >= 4 is 40.3 Å². The van der Waals surface area contributed by atoms with Gasteiger partial charge in [-0.1, -0.05) is 23.7 Å². The third-order valence-corrected chi connectivity index (χ3v) is 6.75. The number of hydrogen-bond donors (Lipinski definition) is 2. The molecule has 2 N–H and O–H groups in total. The van der Waals surface area contributed by atoms with Crippen molar-refractivity contribution in [2.24, 2.45) is 0 Å². The summed E-state index contributed by atoms with van der Waals surface area (Å²) in [6, 6.07) is 17.4. The van der Waals surface area contributed by atoms with E-state index in [0.717, 1.165) is 67.6 Å². The average molecular weight is 504 g/mol. The molecule has 186 valence electrons.